The number of hydrogen-bond donors (Lipinski definition) is 0. The van der Waals surface area contributed by atoms with Gasteiger partial charge < -0.3 is 4.42 Å². The summed E-state index contributed by atoms with van der Waals surface area (Å²) in [7, 11) is 0. The highest BCUT2D eigenvalue weighted by atomic mass is 35.5. The fraction of sp³-hybridized carbons (Fsp3) is 0.400. The number of rotatable bonds is 4. The van der Waals surface area contributed by atoms with Crippen molar-refractivity contribution in [3.8, 4) is 0 Å². The maximum atomic E-state index is 11.4. The second kappa shape index (κ2) is 3.58. The second-order valence-electron chi connectivity index (χ2n) is 3.44. The Labute approximate surface area is 86.0 Å². The van der Waals surface area contributed by atoms with Gasteiger partial charge >= 0.3 is 0 Å². The normalized spacial score (nSPS) is 15.5. The zero-order chi connectivity index (χ0) is 10.1. The van der Waals surface area contributed by atoms with Crippen molar-refractivity contribution >= 4 is 23.2 Å². The number of halogens is 1. The lowest BCUT2D eigenvalue weighted by molar-refractivity contribution is -0.119. The van der Waals surface area contributed by atoms with E-state index in [4.69, 9.17) is 16.0 Å². The predicted octanol–water partition coefficient (Wildman–Crippen LogP) is 2.48. The zero-order valence-corrected chi connectivity index (χ0v) is 8.21. The van der Waals surface area contributed by atoms with Gasteiger partial charge in [-0.15, -0.1) is 0 Å². The van der Waals surface area contributed by atoms with E-state index in [0.29, 0.717) is 0 Å². The van der Waals surface area contributed by atoms with Crippen LogP contribution in [0, 0.1) is 5.92 Å². The molecule has 0 aliphatic heterocycles. The lowest BCUT2D eigenvalue weighted by atomic mass is 10.1. The first-order valence-corrected chi connectivity index (χ1v) is 4.86. The average molecular weight is 213 g/mol. The maximum absolute atomic E-state index is 11.4. The van der Waals surface area contributed by atoms with E-state index in [9.17, 15) is 9.59 Å². The Hall–Kier alpha value is -1.09. The molecule has 1 heterocycles. The van der Waals surface area contributed by atoms with E-state index in [1.165, 1.54) is 12.1 Å². The number of carbonyl (C=O) groups is 2. The lowest BCUT2D eigenvalue weighted by Gasteiger charge is -1.94. The van der Waals surface area contributed by atoms with E-state index in [1.807, 2.05) is 0 Å². The predicted molar refractivity (Wildman–Crippen MR) is 50.4 cm³/mol. The third-order valence-corrected chi connectivity index (χ3v) is 2.42. The molecule has 0 N–H and O–H groups in total. The van der Waals surface area contributed by atoms with E-state index in [1.54, 1.807) is 0 Å². The Morgan fingerprint density at radius 2 is 2.14 bits per heavy atom. The van der Waals surface area contributed by atoms with Crippen LogP contribution in [0.15, 0.2) is 16.5 Å². The van der Waals surface area contributed by atoms with Crippen LogP contribution in [0.2, 0.25) is 5.22 Å². The summed E-state index contributed by atoms with van der Waals surface area (Å²) in [6.45, 7) is 0. The van der Waals surface area contributed by atoms with E-state index in [2.05, 4.69) is 0 Å². The highest BCUT2D eigenvalue weighted by molar-refractivity contribution is 6.29. The van der Waals surface area contributed by atoms with Crippen LogP contribution in [0.5, 0.6) is 0 Å². The monoisotopic (exact) mass is 212 g/mol. The molecular weight excluding hydrogens is 204 g/mol. The average Bonchev–Trinajstić information content (AvgIpc) is 2.89. The Morgan fingerprint density at radius 3 is 2.64 bits per heavy atom. The third-order valence-electron chi connectivity index (χ3n) is 2.22. The van der Waals surface area contributed by atoms with Crippen LogP contribution in [0.3, 0.4) is 0 Å². The fourth-order valence-corrected chi connectivity index (χ4v) is 1.41. The van der Waals surface area contributed by atoms with Gasteiger partial charge in [0.15, 0.2) is 11.0 Å². The van der Waals surface area contributed by atoms with Gasteiger partial charge in [0.2, 0.25) is 5.78 Å². The van der Waals surface area contributed by atoms with Crippen molar-refractivity contribution in [2.75, 3.05) is 0 Å². The maximum Gasteiger partial charge on any atom is 0.205 e. The van der Waals surface area contributed by atoms with Crippen LogP contribution < -0.4 is 0 Å². The molecule has 0 bridgehead atoms. The van der Waals surface area contributed by atoms with Crippen molar-refractivity contribution < 1.29 is 14.0 Å². The number of ketones is 2. The fourth-order valence-electron chi connectivity index (χ4n) is 1.26. The molecule has 0 atom stereocenters. The van der Waals surface area contributed by atoms with Crippen LogP contribution in [0.1, 0.15) is 29.8 Å². The molecule has 2 rings (SSSR count). The molecule has 1 aliphatic carbocycles. The number of Topliss-reactive ketones (excluding diaryl/α,β-unsaturated/α-hetero) is 2. The number of carbonyl (C=O) groups excluding carboxylic acids is 2. The molecule has 1 aromatic rings. The minimum absolute atomic E-state index is 0.0162. The smallest absolute Gasteiger partial charge is 0.205 e. The third kappa shape index (κ3) is 2.04. The van der Waals surface area contributed by atoms with Crippen LogP contribution in [-0.2, 0) is 4.79 Å². The topological polar surface area (TPSA) is 47.3 Å². The largest absolute Gasteiger partial charge is 0.442 e. The van der Waals surface area contributed by atoms with E-state index >= 15 is 0 Å². The summed E-state index contributed by atoms with van der Waals surface area (Å²) in [6, 6.07) is 2.99. The molecule has 0 unspecified atom stereocenters. The molecular formula is C10H9ClO3. The van der Waals surface area contributed by atoms with Crippen LogP contribution in [0.25, 0.3) is 0 Å². The quantitative estimate of drug-likeness (QED) is 0.569. The first-order valence-electron chi connectivity index (χ1n) is 4.48. The molecule has 0 aromatic carbocycles. The molecule has 0 saturated heterocycles. The van der Waals surface area contributed by atoms with Gasteiger partial charge in [0.05, 0.1) is 6.42 Å². The van der Waals surface area contributed by atoms with E-state index in [0.717, 1.165) is 12.8 Å². The van der Waals surface area contributed by atoms with Gasteiger partial charge in [-0.05, 0) is 36.6 Å². The van der Waals surface area contributed by atoms with Crippen LogP contribution in [0.4, 0.5) is 0 Å². The Morgan fingerprint density at radius 1 is 1.43 bits per heavy atom. The highest BCUT2D eigenvalue weighted by Crippen LogP contribution is 2.31. The molecule has 1 fully saturated rings. The van der Waals surface area contributed by atoms with Crippen molar-refractivity contribution in [1.29, 1.82) is 0 Å². The zero-order valence-electron chi connectivity index (χ0n) is 7.46. The first kappa shape index (κ1) is 9.46. The summed E-state index contributed by atoms with van der Waals surface area (Å²) in [5, 5.41) is 0.173. The highest BCUT2D eigenvalue weighted by Gasteiger charge is 2.31. The summed E-state index contributed by atoms with van der Waals surface area (Å²) in [4.78, 5) is 22.7. The summed E-state index contributed by atoms with van der Waals surface area (Å²) >= 11 is 5.51. The summed E-state index contributed by atoms with van der Waals surface area (Å²) < 4.78 is 4.91. The second-order valence-corrected chi connectivity index (χ2v) is 3.82. The minimum atomic E-state index is -0.284. The van der Waals surface area contributed by atoms with Crippen LogP contribution >= 0.6 is 11.6 Å². The molecule has 0 spiro atoms. The van der Waals surface area contributed by atoms with Gasteiger partial charge in [0, 0.05) is 5.92 Å². The van der Waals surface area contributed by atoms with Gasteiger partial charge in [-0.25, -0.2) is 0 Å². The molecule has 14 heavy (non-hydrogen) atoms. The standard InChI is InChI=1S/C10H9ClO3/c11-10-4-3-9(14-10)8(13)5-7(12)6-1-2-6/h3-4,6H,1-2,5H2. The molecule has 0 amide bonds. The lowest BCUT2D eigenvalue weighted by Crippen LogP contribution is -2.08. The van der Waals surface area contributed by atoms with E-state index in [-0.39, 0.29) is 34.9 Å². The molecule has 3 nitrogen and oxygen atoms in total. The van der Waals surface area contributed by atoms with Crippen molar-refractivity contribution in [2.24, 2.45) is 5.92 Å². The summed E-state index contributed by atoms with van der Waals surface area (Å²) in [5.41, 5.74) is 0. The van der Waals surface area contributed by atoms with Crippen molar-refractivity contribution in [2.45, 2.75) is 19.3 Å². The Kier molecular flexibility index (Phi) is 2.42. The van der Waals surface area contributed by atoms with E-state index < -0.39 is 0 Å². The van der Waals surface area contributed by atoms with Crippen LogP contribution in [-0.4, -0.2) is 11.6 Å². The van der Waals surface area contributed by atoms with Gasteiger partial charge in [0.1, 0.15) is 5.78 Å². The number of hydrogen-bond acceptors (Lipinski definition) is 3. The molecule has 1 aliphatic rings. The van der Waals surface area contributed by atoms with Crippen molar-refractivity contribution in [3.05, 3.63) is 23.1 Å². The summed E-state index contributed by atoms with van der Waals surface area (Å²) in [5.74, 6) is 0.0182. The molecule has 0 radical (unpaired) electrons. The molecule has 4 heteroatoms. The Balaban J connectivity index is 1.98. The molecule has 1 aromatic heterocycles. The molecule has 74 valence electrons. The van der Waals surface area contributed by atoms with Gasteiger partial charge in [-0.1, -0.05) is 0 Å². The Bertz CT molecular complexity index is 376. The SMILES string of the molecule is O=C(CC(=O)C1CC1)c1ccc(Cl)o1. The summed E-state index contributed by atoms with van der Waals surface area (Å²) in [6.07, 6.45) is 1.78. The number of furan rings is 1. The molecule has 1 saturated carbocycles. The first-order chi connectivity index (χ1) is 6.66. The van der Waals surface area contributed by atoms with Gasteiger partial charge in [-0.2, -0.15) is 0 Å². The van der Waals surface area contributed by atoms with Crippen molar-refractivity contribution in [1.82, 2.24) is 0 Å². The minimum Gasteiger partial charge on any atom is -0.442 e. The van der Waals surface area contributed by atoms with Gasteiger partial charge in [0.25, 0.3) is 0 Å². The van der Waals surface area contributed by atoms with Crippen molar-refractivity contribution in [3.63, 3.8) is 0 Å². The van der Waals surface area contributed by atoms with Gasteiger partial charge in [-0.3, -0.25) is 9.59 Å².